The fraction of sp³-hybridized carbons (Fsp3) is 0.400. The number of nitrogens with zero attached hydrogens (tertiary/aromatic N) is 1. The Bertz CT molecular complexity index is 464. The minimum absolute atomic E-state index is 0.730. The van der Waals surface area contributed by atoms with Crippen LogP contribution in [0.4, 0.5) is 5.69 Å². The number of fused-ring (bicyclic) bond motifs is 1. The summed E-state index contributed by atoms with van der Waals surface area (Å²) in [5, 5.41) is 4.64. The Morgan fingerprint density at radius 2 is 2.17 bits per heavy atom. The van der Waals surface area contributed by atoms with Gasteiger partial charge in [0.05, 0.1) is 12.1 Å². The maximum absolute atomic E-state index is 5.15. The molecule has 1 N–H and O–H groups in total. The second-order valence-electron chi connectivity index (χ2n) is 4.34. The molecule has 1 aromatic heterocycles. The lowest BCUT2D eigenvalue weighted by molar-refractivity contribution is 0.202. The third-order valence-electron chi connectivity index (χ3n) is 3.00. The number of pyridine rings is 1. The summed E-state index contributed by atoms with van der Waals surface area (Å²) in [7, 11) is 1.73. The summed E-state index contributed by atoms with van der Waals surface area (Å²) in [6.07, 6.45) is 3.89. The van der Waals surface area contributed by atoms with E-state index in [2.05, 4.69) is 35.4 Å². The van der Waals surface area contributed by atoms with Gasteiger partial charge in [-0.15, -0.1) is 0 Å². The highest BCUT2D eigenvalue weighted by Crippen LogP contribution is 2.24. The molecule has 0 atom stereocenters. The molecule has 0 spiro atoms. The molecule has 2 aromatic rings. The summed E-state index contributed by atoms with van der Waals surface area (Å²) in [6.45, 7) is 3.88. The minimum atomic E-state index is 0.730. The van der Waals surface area contributed by atoms with Crippen LogP contribution in [0.15, 0.2) is 30.5 Å². The molecule has 0 amide bonds. The van der Waals surface area contributed by atoms with E-state index in [0.717, 1.165) is 31.5 Å². The molecule has 3 nitrogen and oxygen atoms in total. The van der Waals surface area contributed by atoms with E-state index in [1.54, 1.807) is 7.11 Å². The fourth-order valence-electron chi connectivity index (χ4n) is 2.06. The Morgan fingerprint density at radius 3 is 2.94 bits per heavy atom. The summed E-state index contributed by atoms with van der Waals surface area (Å²) < 4.78 is 5.15. The van der Waals surface area contributed by atoms with Crippen LogP contribution < -0.4 is 5.32 Å². The SMILES string of the molecule is CCCNc1ccnc2c(CCOC)cccc12. The molecule has 96 valence electrons. The lowest BCUT2D eigenvalue weighted by Gasteiger charge is -2.10. The van der Waals surface area contributed by atoms with E-state index in [-0.39, 0.29) is 0 Å². The predicted octanol–water partition coefficient (Wildman–Crippen LogP) is 3.25. The first-order valence-electron chi connectivity index (χ1n) is 6.46. The van der Waals surface area contributed by atoms with Crippen molar-refractivity contribution in [3.63, 3.8) is 0 Å². The van der Waals surface area contributed by atoms with Crippen LogP contribution in [0, 0.1) is 0 Å². The van der Waals surface area contributed by atoms with Crippen LogP contribution in [0.5, 0.6) is 0 Å². The number of hydrogen-bond acceptors (Lipinski definition) is 3. The van der Waals surface area contributed by atoms with Crippen molar-refractivity contribution in [1.29, 1.82) is 0 Å². The van der Waals surface area contributed by atoms with Gasteiger partial charge in [-0.1, -0.05) is 25.1 Å². The highest BCUT2D eigenvalue weighted by Gasteiger charge is 2.05. The zero-order valence-electron chi connectivity index (χ0n) is 11.1. The van der Waals surface area contributed by atoms with Crippen LogP contribution in [0.3, 0.4) is 0 Å². The molecular formula is C15H20N2O. The molecule has 0 aliphatic rings. The van der Waals surface area contributed by atoms with Crippen LogP contribution in [-0.4, -0.2) is 25.2 Å². The van der Waals surface area contributed by atoms with Gasteiger partial charge in [-0.05, 0) is 24.5 Å². The van der Waals surface area contributed by atoms with Crippen LogP contribution in [-0.2, 0) is 11.2 Å². The molecule has 1 aromatic carbocycles. The first kappa shape index (κ1) is 12.8. The summed E-state index contributed by atoms with van der Waals surface area (Å²) in [5.41, 5.74) is 3.49. The van der Waals surface area contributed by atoms with E-state index >= 15 is 0 Å². The van der Waals surface area contributed by atoms with Crippen LogP contribution in [0.25, 0.3) is 10.9 Å². The van der Waals surface area contributed by atoms with Crippen molar-refractivity contribution in [2.45, 2.75) is 19.8 Å². The highest BCUT2D eigenvalue weighted by molar-refractivity contribution is 5.92. The van der Waals surface area contributed by atoms with Crippen molar-refractivity contribution in [2.24, 2.45) is 0 Å². The number of nitrogens with one attached hydrogen (secondary N) is 1. The molecule has 0 saturated carbocycles. The van der Waals surface area contributed by atoms with Crippen molar-refractivity contribution in [3.05, 3.63) is 36.0 Å². The monoisotopic (exact) mass is 244 g/mol. The Labute approximate surface area is 108 Å². The number of hydrogen-bond donors (Lipinski definition) is 1. The molecule has 1 heterocycles. The minimum Gasteiger partial charge on any atom is -0.384 e. The molecule has 0 fully saturated rings. The smallest absolute Gasteiger partial charge is 0.0755 e. The maximum Gasteiger partial charge on any atom is 0.0755 e. The molecular weight excluding hydrogens is 224 g/mol. The lowest BCUT2D eigenvalue weighted by Crippen LogP contribution is -2.02. The Balaban J connectivity index is 2.37. The topological polar surface area (TPSA) is 34.2 Å². The van der Waals surface area contributed by atoms with Gasteiger partial charge in [-0.25, -0.2) is 0 Å². The lowest BCUT2D eigenvalue weighted by atomic mass is 10.1. The standard InChI is InChI=1S/C15H20N2O/c1-3-9-16-14-7-10-17-15-12(8-11-18-2)5-4-6-13(14)15/h4-7,10H,3,8-9,11H2,1-2H3,(H,16,17). The third kappa shape index (κ3) is 2.79. The molecule has 2 rings (SSSR count). The van der Waals surface area contributed by atoms with Gasteiger partial charge >= 0.3 is 0 Å². The van der Waals surface area contributed by atoms with Gasteiger partial charge in [0.1, 0.15) is 0 Å². The number of para-hydroxylation sites is 1. The first-order chi connectivity index (χ1) is 8.86. The molecule has 0 unspecified atom stereocenters. The van der Waals surface area contributed by atoms with Crippen molar-refractivity contribution in [1.82, 2.24) is 4.98 Å². The van der Waals surface area contributed by atoms with Crippen LogP contribution >= 0.6 is 0 Å². The Morgan fingerprint density at radius 1 is 1.28 bits per heavy atom. The van der Waals surface area contributed by atoms with Crippen LogP contribution in [0.2, 0.25) is 0 Å². The third-order valence-corrected chi connectivity index (χ3v) is 3.00. The molecule has 0 aliphatic carbocycles. The summed E-state index contributed by atoms with van der Waals surface area (Å²) in [4.78, 5) is 4.51. The van der Waals surface area contributed by atoms with Crippen molar-refractivity contribution in [3.8, 4) is 0 Å². The average Bonchev–Trinajstić information content (AvgIpc) is 2.42. The summed E-state index contributed by atoms with van der Waals surface area (Å²) in [6, 6.07) is 8.37. The Kier molecular flexibility index (Phi) is 4.53. The molecule has 18 heavy (non-hydrogen) atoms. The summed E-state index contributed by atoms with van der Waals surface area (Å²) in [5.74, 6) is 0. The predicted molar refractivity (Wildman–Crippen MR) is 76.1 cm³/mol. The van der Waals surface area contributed by atoms with E-state index < -0.39 is 0 Å². The number of ether oxygens (including phenoxy) is 1. The molecule has 0 bridgehead atoms. The van der Waals surface area contributed by atoms with Crippen LogP contribution in [0.1, 0.15) is 18.9 Å². The van der Waals surface area contributed by atoms with Gasteiger partial charge in [0.25, 0.3) is 0 Å². The number of aromatic nitrogens is 1. The van der Waals surface area contributed by atoms with Crippen molar-refractivity contribution < 1.29 is 4.74 Å². The Hall–Kier alpha value is -1.61. The quantitative estimate of drug-likeness (QED) is 0.847. The van der Waals surface area contributed by atoms with Gasteiger partial charge in [0, 0.05) is 30.9 Å². The second kappa shape index (κ2) is 6.36. The molecule has 0 aliphatic heterocycles. The van der Waals surface area contributed by atoms with Gasteiger partial charge in [0.2, 0.25) is 0 Å². The van der Waals surface area contributed by atoms with Gasteiger partial charge in [-0.3, -0.25) is 4.98 Å². The second-order valence-corrected chi connectivity index (χ2v) is 4.34. The number of rotatable bonds is 6. The van der Waals surface area contributed by atoms with Crippen molar-refractivity contribution in [2.75, 3.05) is 25.6 Å². The highest BCUT2D eigenvalue weighted by atomic mass is 16.5. The van der Waals surface area contributed by atoms with Gasteiger partial charge < -0.3 is 10.1 Å². The first-order valence-corrected chi connectivity index (χ1v) is 6.46. The molecule has 3 heteroatoms. The maximum atomic E-state index is 5.15. The largest absolute Gasteiger partial charge is 0.384 e. The molecule has 0 saturated heterocycles. The van der Waals surface area contributed by atoms with E-state index in [4.69, 9.17) is 4.74 Å². The van der Waals surface area contributed by atoms with E-state index in [1.807, 2.05) is 12.3 Å². The fourth-order valence-corrected chi connectivity index (χ4v) is 2.06. The van der Waals surface area contributed by atoms with E-state index in [0.29, 0.717) is 0 Å². The zero-order chi connectivity index (χ0) is 12.8. The number of anilines is 1. The van der Waals surface area contributed by atoms with Gasteiger partial charge in [-0.2, -0.15) is 0 Å². The molecule has 0 radical (unpaired) electrons. The van der Waals surface area contributed by atoms with Gasteiger partial charge in [0.15, 0.2) is 0 Å². The van der Waals surface area contributed by atoms with E-state index in [9.17, 15) is 0 Å². The summed E-state index contributed by atoms with van der Waals surface area (Å²) >= 11 is 0. The normalized spacial score (nSPS) is 10.8. The zero-order valence-corrected chi connectivity index (χ0v) is 11.1. The number of benzene rings is 1. The number of methoxy groups -OCH3 is 1. The average molecular weight is 244 g/mol. The van der Waals surface area contributed by atoms with E-state index in [1.165, 1.54) is 16.6 Å². The van der Waals surface area contributed by atoms with Crippen molar-refractivity contribution >= 4 is 16.6 Å².